The van der Waals surface area contributed by atoms with Gasteiger partial charge in [0.25, 0.3) is 0 Å². The Labute approximate surface area is 151 Å². The van der Waals surface area contributed by atoms with Gasteiger partial charge in [0.15, 0.2) is 0 Å². The lowest BCUT2D eigenvalue weighted by Gasteiger charge is -2.23. The van der Waals surface area contributed by atoms with E-state index in [4.69, 9.17) is 4.74 Å². The molecule has 1 aromatic rings. The second-order valence-electron chi connectivity index (χ2n) is 6.89. The number of ether oxygens (including phenoxy) is 1. The van der Waals surface area contributed by atoms with Gasteiger partial charge in [-0.1, -0.05) is 26.0 Å². The van der Waals surface area contributed by atoms with Gasteiger partial charge in [0.2, 0.25) is 5.91 Å². The van der Waals surface area contributed by atoms with Gasteiger partial charge >= 0.3 is 6.09 Å². The minimum atomic E-state index is -0.394. The molecular weight excluding hydrogens is 318 g/mol. The number of carbonyl (C=O) groups is 2. The Kier molecular flexibility index (Phi) is 8.25. The van der Waals surface area contributed by atoms with Crippen LogP contribution in [0.1, 0.15) is 33.3 Å². The summed E-state index contributed by atoms with van der Waals surface area (Å²) in [5.41, 5.74) is 1.98. The molecule has 0 saturated carbocycles. The van der Waals surface area contributed by atoms with Crippen LogP contribution in [0.25, 0.3) is 0 Å². The molecule has 0 aromatic heterocycles. The summed E-state index contributed by atoms with van der Waals surface area (Å²) in [6.45, 7) is 9.03. The summed E-state index contributed by atoms with van der Waals surface area (Å²) >= 11 is 0. The molecule has 0 atom stereocenters. The normalized spacial score (nSPS) is 10.7. The van der Waals surface area contributed by atoms with Gasteiger partial charge < -0.3 is 19.9 Å². The molecule has 6 nitrogen and oxygen atoms in total. The van der Waals surface area contributed by atoms with Crippen LogP contribution in [0.15, 0.2) is 24.3 Å². The molecule has 0 unspecified atom stereocenters. The molecule has 0 heterocycles. The number of benzene rings is 1. The highest BCUT2D eigenvalue weighted by molar-refractivity contribution is 5.77. The lowest BCUT2D eigenvalue weighted by Crippen LogP contribution is -2.39. The molecule has 1 N–H and O–H groups in total. The first-order valence-electron chi connectivity index (χ1n) is 8.69. The summed E-state index contributed by atoms with van der Waals surface area (Å²) in [5, 5.41) is 3.31. The Balaban J connectivity index is 2.39. The van der Waals surface area contributed by atoms with Crippen molar-refractivity contribution in [2.24, 2.45) is 5.92 Å². The Morgan fingerprint density at radius 3 is 2.08 bits per heavy atom. The molecule has 0 aliphatic heterocycles. The van der Waals surface area contributed by atoms with E-state index in [0.717, 1.165) is 11.3 Å². The molecule has 25 heavy (non-hydrogen) atoms. The highest BCUT2D eigenvalue weighted by Gasteiger charge is 2.15. The Hall–Kier alpha value is -2.24. The maximum Gasteiger partial charge on any atom is 0.409 e. The van der Waals surface area contributed by atoms with E-state index in [1.54, 1.807) is 19.0 Å². The molecule has 0 saturated heterocycles. The highest BCUT2D eigenvalue weighted by Crippen LogP contribution is 2.12. The predicted octanol–water partition coefficient (Wildman–Crippen LogP) is 3.19. The summed E-state index contributed by atoms with van der Waals surface area (Å²) in [4.78, 5) is 27.0. The van der Waals surface area contributed by atoms with E-state index in [-0.39, 0.29) is 18.4 Å². The maximum absolute atomic E-state index is 12.0. The second kappa shape index (κ2) is 9.91. The van der Waals surface area contributed by atoms with Crippen LogP contribution in [0.4, 0.5) is 10.5 Å². The van der Waals surface area contributed by atoms with Crippen molar-refractivity contribution in [1.82, 2.24) is 9.80 Å². The first kappa shape index (κ1) is 20.8. The average molecular weight is 349 g/mol. The number of likely N-dealkylation sites (N-methyl/N-ethyl adjacent to an activating group) is 2. The lowest BCUT2D eigenvalue weighted by molar-refractivity contribution is -0.133. The topological polar surface area (TPSA) is 61.9 Å². The van der Waals surface area contributed by atoms with Gasteiger partial charge in [-0.2, -0.15) is 0 Å². The van der Waals surface area contributed by atoms with Gasteiger partial charge in [0.05, 0.1) is 0 Å². The third-order valence-corrected chi connectivity index (χ3v) is 3.72. The SMILES string of the molecule is CC(C)Nc1ccc(COC(=O)N(C)CCN(C)C(=O)C(C)C)cc1. The molecule has 0 spiro atoms. The van der Waals surface area contributed by atoms with Crippen LogP contribution in [0.5, 0.6) is 0 Å². The van der Waals surface area contributed by atoms with Crippen molar-refractivity contribution in [2.45, 2.75) is 40.3 Å². The number of nitrogens with one attached hydrogen (secondary N) is 1. The van der Waals surface area contributed by atoms with E-state index in [1.165, 1.54) is 4.90 Å². The number of hydrogen-bond donors (Lipinski definition) is 1. The summed E-state index contributed by atoms with van der Waals surface area (Å²) in [5.74, 6) is 0.0206. The molecule has 0 fully saturated rings. The van der Waals surface area contributed by atoms with Gasteiger partial charge in [0, 0.05) is 44.8 Å². The van der Waals surface area contributed by atoms with Crippen LogP contribution in [0.2, 0.25) is 0 Å². The van der Waals surface area contributed by atoms with Crippen LogP contribution in [0.3, 0.4) is 0 Å². The van der Waals surface area contributed by atoms with Crippen LogP contribution < -0.4 is 5.32 Å². The van der Waals surface area contributed by atoms with Crippen LogP contribution in [-0.2, 0) is 16.1 Å². The monoisotopic (exact) mass is 349 g/mol. The smallest absolute Gasteiger partial charge is 0.409 e. The third-order valence-electron chi connectivity index (χ3n) is 3.72. The maximum atomic E-state index is 12.0. The molecule has 0 aliphatic rings. The number of nitrogens with zero attached hydrogens (tertiary/aromatic N) is 2. The van der Waals surface area contributed by atoms with Crippen molar-refractivity contribution in [3.63, 3.8) is 0 Å². The predicted molar refractivity (Wildman–Crippen MR) is 100 cm³/mol. The molecule has 0 aliphatic carbocycles. The van der Waals surface area contributed by atoms with Gasteiger partial charge in [-0.3, -0.25) is 4.79 Å². The third kappa shape index (κ3) is 7.45. The van der Waals surface area contributed by atoms with Crippen molar-refractivity contribution in [2.75, 3.05) is 32.5 Å². The number of carbonyl (C=O) groups excluding carboxylic acids is 2. The summed E-state index contributed by atoms with van der Waals surface area (Å²) in [6, 6.07) is 8.19. The summed E-state index contributed by atoms with van der Waals surface area (Å²) in [7, 11) is 3.42. The fourth-order valence-corrected chi connectivity index (χ4v) is 2.23. The van der Waals surface area contributed by atoms with E-state index in [1.807, 2.05) is 38.1 Å². The zero-order valence-electron chi connectivity index (χ0n) is 16.2. The molecule has 140 valence electrons. The lowest BCUT2D eigenvalue weighted by atomic mass is 10.2. The van der Waals surface area contributed by atoms with Crippen LogP contribution in [-0.4, -0.2) is 55.0 Å². The zero-order valence-corrected chi connectivity index (χ0v) is 16.2. The molecule has 6 heteroatoms. The number of hydrogen-bond acceptors (Lipinski definition) is 4. The quantitative estimate of drug-likeness (QED) is 0.783. The standard InChI is InChI=1S/C19H31N3O3/c1-14(2)18(23)21(5)11-12-22(6)19(24)25-13-16-7-9-17(10-8-16)20-15(3)4/h7-10,14-15,20H,11-13H2,1-6H3. The Morgan fingerprint density at radius 2 is 1.56 bits per heavy atom. The Morgan fingerprint density at radius 1 is 1.00 bits per heavy atom. The van der Waals surface area contributed by atoms with Gasteiger partial charge in [-0.05, 0) is 31.5 Å². The summed E-state index contributed by atoms with van der Waals surface area (Å²) in [6.07, 6.45) is -0.394. The second-order valence-corrected chi connectivity index (χ2v) is 6.89. The Bertz CT molecular complexity index is 556. The van der Waals surface area contributed by atoms with Crippen LogP contribution >= 0.6 is 0 Å². The number of rotatable bonds is 8. The van der Waals surface area contributed by atoms with E-state index in [9.17, 15) is 9.59 Å². The van der Waals surface area contributed by atoms with Crippen molar-refractivity contribution in [3.8, 4) is 0 Å². The van der Waals surface area contributed by atoms with Crippen LogP contribution in [0, 0.1) is 5.92 Å². The minimum absolute atomic E-state index is 0.0459. The van der Waals surface area contributed by atoms with E-state index in [0.29, 0.717) is 19.1 Å². The molecular formula is C19H31N3O3. The van der Waals surface area contributed by atoms with Gasteiger partial charge in [-0.15, -0.1) is 0 Å². The fourth-order valence-electron chi connectivity index (χ4n) is 2.23. The van der Waals surface area contributed by atoms with Crippen molar-refractivity contribution >= 4 is 17.7 Å². The summed E-state index contributed by atoms with van der Waals surface area (Å²) < 4.78 is 5.31. The highest BCUT2D eigenvalue weighted by atomic mass is 16.6. The van der Waals surface area contributed by atoms with Gasteiger partial charge in [-0.25, -0.2) is 4.79 Å². The van der Waals surface area contributed by atoms with E-state index < -0.39 is 6.09 Å². The van der Waals surface area contributed by atoms with Gasteiger partial charge in [0.1, 0.15) is 6.61 Å². The number of anilines is 1. The minimum Gasteiger partial charge on any atom is -0.445 e. The first-order valence-corrected chi connectivity index (χ1v) is 8.69. The molecule has 2 amide bonds. The van der Waals surface area contributed by atoms with E-state index >= 15 is 0 Å². The fraction of sp³-hybridized carbons (Fsp3) is 0.579. The van der Waals surface area contributed by atoms with Crippen molar-refractivity contribution in [1.29, 1.82) is 0 Å². The molecule has 1 rings (SSSR count). The number of amides is 2. The van der Waals surface area contributed by atoms with Crippen molar-refractivity contribution < 1.29 is 14.3 Å². The average Bonchev–Trinajstić information content (AvgIpc) is 2.57. The first-order chi connectivity index (χ1) is 11.7. The molecule has 1 aromatic carbocycles. The van der Waals surface area contributed by atoms with Crippen molar-refractivity contribution in [3.05, 3.63) is 29.8 Å². The molecule has 0 radical (unpaired) electrons. The molecule has 0 bridgehead atoms. The zero-order chi connectivity index (χ0) is 19.0. The largest absolute Gasteiger partial charge is 0.445 e. The van der Waals surface area contributed by atoms with E-state index in [2.05, 4.69) is 19.2 Å².